The Balaban J connectivity index is 1.07. The van der Waals surface area contributed by atoms with Gasteiger partial charge in [-0.15, -0.1) is 0 Å². The molecular weight excluding hydrogens is 545 g/mol. The van der Waals surface area contributed by atoms with Crippen molar-refractivity contribution in [2.24, 2.45) is 0 Å². The maximum Gasteiger partial charge on any atom is 0.339 e. The molecule has 0 spiro atoms. The molecule has 6 rings (SSSR count). The van der Waals surface area contributed by atoms with E-state index >= 15 is 4.39 Å². The van der Waals surface area contributed by atoms with E-state index in [-0.39, 0.29) is 17.0 Å². The van der Waals surface area contributed by atoms with Crippen LogP contribution in [0, 0.1) is 18.2 Å². The summed E-state index contributed by atoms with van der Waals surface area (Å²) in [6.45, 7) is 10.4. The number of ether oxygens (including phenoxy) is 2. The van der Waals surface area contributed by atoms with Crippen molar-refractivity contribution in [2.75, 3.05) is 43.4 Å². The summed E-state index contributed by atoms with van der Waals surface area (Å²) in [5, 5.41) is 18.1. The number of rotatable bonds is 8. The number of aromatic carboxylic acids is 1. The van der Waals surface area contributed by atoms with Gasteiger partial charge in [-0.05, 0) is 37.5 Å². The zero-order valence-electron chi connectivity index (χ0n) is 23.7. The molecule has 2 aromatic heterocycles. The Kier molecular flexibility index (Phi) is 7.46. The van der Waals surface area contributed by atoms with Crippen LogP contribution in [0.2, 0.25) is 0 Å². The summed E-state index contributed by atoms with van der Waals surface area (Å²) in [5.41, 5.74) is 4.29. The first-order chi connectivity index (χ1) is 19.6. The van der Waals surface area contributed by atoms with Crippen molar-refractivity contribution in [3.63, 3.8) is 0 Å². The minimum absolute atomic E-state index is 0.0906. The largest absolute Gasteiger partial charge is 0.478 e. The molecule has 0 amide bonds. The van der Waals surface area contributed by atoms with Crippen LogP contribution in [-0.4, -0.2) is 69.8 Å². The van der Waals surface area contributed by atoms with E-state index in [4.69, 9.17) is 14.9 Å². The van der Waals surface area contributed by atoms with Crippen LogP contribution in [0.3, 0.4) is 0 Å². The van der Waals surface area contributed by atoms with E-state index in [9.17, 15) is 9.90 Å². The fraction of sp³-hybridized carbons (Fsp3) is 0.500. The fourth-order valence-corrected chi connectivity index (χ4v) is 6.65. The molecule has 1 saturated heterocycles. The predicted molar refractivity (Wildman–Crippen MR) is 156 cm³/mol. The Bertz CT molecular complexity index is 1560. The number of halogens is 1. The van der Waals surface area contributed by atoms with Gasteiger partial charge in [-0.2, -0.15) is 11.8 Å². The number of carbonyl (C=O) groups is 1. The van der Waals surface area contributed by atoms with Gasteiger partial charge in [-0.3, -0.25) is 15.3 Å². The number of nitrogens with one attached hydrogen (secondary N) is 1. The Hall–Kier alpha value is -3.15. The molecule has 9 nitrogen and oxygen atoms in total. The first-order valence-electron chi connectivity index (χ1n) is 14.1. The van der Waals surface area contributed by atoms with Gasteiger partial charge in [0.25, 0.3) is 0 Å². The number of fused-ring (bicyclic) bond motifs is 2. The minimum Gasteiger partial charge on any atom is -0.478 e. The van der Waals surface area contributed by atoms with E-state index in [1.807, 2.05) is 49.4 Å². The van der Waals surface area contributed by atoms with Crippen molar-refractivity contribution >= 4 is 34.3 Å². The van der Waals surface area contributed by atoms with E-state index in [1.165, 1.54) is 6.07 Å². The van der Waals surface area contributed by atoms with Gasteiger partial charge in [-0.25, -0.2) is 9.18 Å². The topological polar surface area (TPSA) is 104 Å². The van der Waals surface area contributed by atoms with Gasteiger partial charge in [0.15, 0.2) is 0 Å². The molecule has 2 aliphatic heterocycles. The quantitative estimate of drug-likeness (QED) is 0.369. The first-order valence-corrected chi connectivity index (χ1v) is 15.3. The van der Waals surface area contributed by atoms with Gasteiger partial charge in [0.1, 0.15) is 17.1 Å². The molecule has 3 aromatic rings. The van der Waals surface area contributed by atoms with E-state index in [0.29, 0.717) is 30.8 Å². The van der Waals surface area contributed by atoms with E-state index in [0.717, 1.165) is 72.1 Å². The Morgan fingerprint density at radius 3 is 2.71 bits per heavy atom. The summed E-state index contributed by atoms with van der Waals surface area (Å²) in [6, 6.07) is 3.36. The monoisotopic (exact) mass is 581 g/mol. The molecular formula is C30H36FN5O4S. The molecule has 1 saturated carbocycles. The lowest BCUT2D eigenvalue weighted by Crippen LogP contribution is -2.47. The first kappa shape index (κ1) is 28.0. The lowest BCUT2D eigenvalue weighted by atomic mass is 10.1. The van der Waals surface area contributed by atoms with Crippen LogP contribution in [0.25, 0.3) is 10.9 Å². The van der Waals surface area contributed by atoms with Crippen molar-refractivity contribution in [1.29, 1.82) is 5.41 Å². The number of benzene rings is 1. The van der Waals surface area contributed by atoms with E-state index < -0.39 is 17.6 Å². The molecule has 0 radical (unpaired) electrons. The van der Waals surface area contributed by atoms with E-state index in [2.05, 4.69) is 14.8 Å². The van der Waals surface area contributed by atoms with Gasteiger partial charge < -0.3 is 24.0 Å². The molecule has 2 N–H and O–H groups in total. The molecule has 1 aliphatic carbocycles. The third-order valence-corrected chi connectivity index (χ3v) is 9.15. The van der Waals surface area contributed by atoms with Crippen LogP contribution in [0.5, 0.6) is 5.75 Å². The second kappa shape index (κ2) is 10.9. The van der Waals surface area contributed by atoms with Crippen molar-refractivity contribution in [3.8, 4) is 5.75 Å². The summed E-state index contributed by atoms with van der Waals surface area (Å²) in [7, 11) is 0. The third kappa shape index (κ3) is 5.67. The highest BCUT2D eigenvalue weighted by Crippen LogP contribution is 2.39. The van der Waals surface area contributed by atoms with Crippen LogP contribution in [0.4, 0.5) is 10.1 Å². The number of thioether (sulfide) groups is 1. The highest BCUT2D eigenvalue weighted by molar-refractivity contribution is 7.98. The summed E-state index contributed by atoms with van der Waals surface area (Å²) in [5.74, 6) is 0.446. The number of aromatic nitrogens is 2. The fourth-order valence-electron chi connectivity index (χ4n) is 5.65. The van der Waals surface area contributed by atoms with Crippen molar-refractivity contribution in [3.05, 3.63) is 58.1 Å². The number of hydrogen-bond donors (Lipinski definition) is 2. The molecule has 11 heteroatoms. The lowest BCUT2D eigenvalue weighted by molar-refractivity contribution is -0.180. The summed E-state index contributed by atoms with van der Waals surface area (Å²) in [6.07, 6.45) is 5.40. The molecule has 1 aromatic carbocycles. The van der Waals surface area contributed by atoms with Crippen LogP contribution >= 0.6 is 11.8 Å². The van der Waals surface area contributed by atoms with Gasteiger partial charge in [0.05, 0.1) is 28.9 Å². The number of hydrogen-bond acceptors (Lipinski definition) is 8. The number of piperazine rings is 1. The average Bonchev–Trinajstić information content (AvgIpc) is 3.78. The maximum atomic E-state index is 15.3. The molecule has 0 bridgehead atoms. The highest BCUT2D eigenvalue weighted by Gasteiger charge is 2.31. The molecule has 218 valence electrons. The van der Waals surface area contributed by atoms with Crippen molar-refractivity contribution < 1.29 is 23.8 Å². The molecule has 41 heavy (non-hydrogen) atoms. The number of carboxylic acid groups (broad SMARTS) is 1. The van der Waals surface area contributed by atoms with Crippen molar-refractivity contribution in [1.82, 2.24) is 14.5 Å². The zero-order chi connectivity index (χ0) is 28.9. The van der Waals surface area contributed by atoms with Crippen molar-refractivity contribution in [2.45, 2.75) is 57.8 Å². The zero-order valence-corrected chi connectivity index (χ0v) is 24.5. The maximum absolute atomic E-state index is 15.3. The number of nitrogens with zero attached hydrogens (tertiary/aromatic N) is 4. The van der Waals surface area contributed by atoms with Crippen LogP contribution < -0.4 is 15.0 Å². The molecule has 0 unspecified atom stereocenters. The Morgan fingerprint density at radius 1 is 1.24 bits per heavy atom. The lowest BCUT2D eigenvalue weighted by Gasteiger charge is -2.36. The molecule has 3 aliphatic rings. The van der Waals surface area contributed by atoms with Crippen LogP contribution in [-0.2, 0) is 17.1 Å². The summed E-state index contributed by atoms with van der Waals surface area (Å²) in [4.78, 5) is 20.7. The molecule has 2 fully saturated rings. The van der Waals surface area contributed by atoms with Gasteiger partial charge in [0, 0.05) is 87.5 Å². The van der Waals surface area contributed by atoms with Crippen LogP contribution in [0.1, 0.15) is 59.9 Å². The molecule has 4 heterocycles. The normalized spacial score (nSPS) is 18.8. The van der Waals surface area contributed by atoms with E-state index in [1.54, 1.807) is 6.20 Å². The average molecular weight is 582 g/mol. The minimum atomic E-state index is -1.16. The second-order valence-corrected chi connectivity index (χ2v) is 12.6. The number of anilines is 1. The molecule has 0 atom stereocenters. The highest BCUT2D eigenvalue weighted by atomic mass is 32.2. The van der Waals surface area contributed by atoms with Crippen LogP contribution in [0.15, 0.2) is 24.5 Å². The SMILES string of the molecule is Cc1ncc(CSCCN2CCN(c3cc4c(cc3F)c(=N)c(C(=O)O)cn4C3CC3)CC2)c2c1OC(C)(C)OC2. The third-order valence-electron chi connectivity index (χ3n) is 8.16. The summed E-state index contributed by atoms with van der Waals surface area (Å²) >= 11 is 1.87. The smallest absolute Gasteiger partial charge is 0.339 e. The number of pyridine rings is 2. The Morgan fingerprint density at radius 2 is 2.00 bits per heavy atom. The van der Waals surface area contributed by atoms with Gasteiger partial charge in [-0.1, -0.05) is 0 Å². The Labute approximate surface area is 242 Å². The number of carboxylic acids is 1. The predicted octanol–water partition coefficient (Wildman–Crippen LogP) is 4.70. The van der Waals surface area contributed by atoms with Gasteiger partial charge in [0.2, 0.25) is 5.79 Å². The number of aryl methyl sites for hydroxylation is 1. The van der Waals surface area contributed by atoms with Gasteiger partial charge >= 0.3 is 5.97 Å². The standard InChI is InChI=1S/C30H36FN5O4S/c1-18-28-23(16-39-30(2,3)40-28)19(14-33-18)17-41-11-10-34-6-8-35(9-7-34)26-13-25-21(12-24(26)31)27(32)22(29(37)38)15-36(25)20-4-5-20/h12-15,20,32H,4-11,16-17H2,1-3H3,(H,37,38). The second-order valence-electron chi connectivity index (χ2n) is 11.5. The summed E-state index contributed by atoms with van der Waals surface area (Å²) < 4.78 is 29.2.